The Bertz CT molecular complexity index is 1420. The molecule has 13 heteroatoms. The predicted octanol–water partition coefficient (Wildman–Crippen LogP) is 2.58. The Balaban J connectivity index is 1.76. The Morgan fingerprint density at radius 3 is 2.21 bits per heavy atom. The van der Waals surface area contributed by atoms with E-state index in [-0.39, 0.29) is 28.7 Å². The highest BCUT2D eigenvalue weighted by Crippen LogP contribution is 2.26. The summed E-state index contributed by atoms with van der Waals surface area (Å²) in [4.78, 5) is 18.1. The lowest BCUT2D eigenvalue weighted by atomic mass is 10.1. The normalized spacial score (nSPS) is 17.0. The summed E-state index contributed by atoms with van der Waals surface area (Å²) in [5.41, 5.74) is 0.0612. The number of nitrogens with one attached hydrogen (secondary N) is 1. The van der Waals surface area contributed by atoms with Gasteiger partial charge in [-0.3, -0.25) is 5.32 Å². The molecule has 1 aromatic carbocycles. The molecule has 1 fully saturated rings. The molecule has 2 heterocycles. The van der Waals surface area contributed by atoms with Gasteiger partial charge in [0, 0.05) is 45.6 Å². The second kappa shape index (κ2) is 11.3. The first-order chi connectivity index (χ1) is 17.6. The average Bonchev–Trinajstić information content (AvgIpc) is 2.83. The smallest absolute Gasteiger partial charge is 0.413 e. The molecule has 1 aliphatic heterocycles. The molecular weight excluding hydrogens is 530 g/mol. The number of amides is 1. The molecule has 2 aromatic rings. The maximum absolute atomic E-state index is 13.4. The highest BCUT2D eigenvalue weighted by Gasteiger charge is 2.34. The lowest BCUT2D eigenvalue weighted by Crippen LogP contribution is -2.54. The number of sulfonamides is 2. The fourth-order valence-corrected chi connectivity index (χ4v) is 6.05. The zero-order valence-electron chi connectivity index (χ0n) is 22.3. The summed E-state index contributed by atoms with van der Waals surface area (Å²) >= 11 is 0. The Morgan fingerprint density at radius 2 is 1.68 bits per heavy atom. The summed E-state index contributed by atoms with van der Waals surface area (Å²) < 4.78 is 59.2. The predicted molar refractivity (Wildman–Crippen MR) is 145 cm³/mol. The van der Waals surface area contributed by atoms with Gasteiger partial charge in [-0.2, -0.15) is 4.31 Å². The number of benzene rings is 1. The molecule has 0 aliphatic carbocycles. The van der Waals surface area contributed by atoms with Crippen LogP contribution in [-0.4, -0.2) is 81.9 Å². The van der Waals surface area contributed by atoms with Crippen LogP contribution >= 0.6 is 0 Å². The van der Waals surface area contributed by atoms with E-state index in [9.17, 15) is 21.6 Å². The Labute approximate surface area is 224 Å². The molecule has 206 valence electrons. The summed E-state index contributed by atoms with van der Waals surface area (Å²) in [7, 11) is -4.51. The number of pyridine rings is 1. The van der Waals surface area contributed by atoms with E-state index in [0.717, 1.165) is 9.99 Å². The van der Waals surface area contributed by atoms with Crippen molar-refractivity contribution in [3.63, 3.8) is 0 Å². The number of carbonyl (C=O) groups is 1. The van der Waals surface area contributed by atoms with Crippen molar-refractivity contribution in [1.82, 2.24) is 13.6 Å². The van der Waals surface area contributed by atoms with Crippen LogP contribution in [0, 0.1) is 11.8 Å². The highest BCUT2D eigenvalue weighted by molar-refractivity contribution is 7.89. The molecule has 1 aliphatic rings. The third-order valence-electron chi connectivity index (χ3n) is 5.60. The van der Waals surface area contributed by atoms with Gasteiger partial charge in [-0.25, -0.2) is 30.9 Å². The third-order valence-corrected chi connectivity index (χ3v) is 9.28. The van der Waals surface area contributed by atoms with Crippen LogP contribution in [0.4, 0.5) is 16.3 Å². The van der Waals surface area contributed by atoms with Gasteiger partial charge in [0.15, 0.2) is 0 Å². The molecule has 1 saturated heterocycles. The van der Waals surface area contributed by atoms with Crippen LogP contribution in [0.25, 0.3) is 0 Å². The maximum Gasteiger partial charge on any atom is 0.413 e. The van der Waals surface area contributed by atoms with Crippen molar-refractivity contribution in [2.45, 2.75) is 49.1 Å². The molecule has 0 saturated carbocycles. The van der Waals surface area contributed by atoms with Crippen molar-refractivity contribution < 1.29 is 26.4 Å². The number of rotatable bonds is 6. The van der Waals surface area contributed by atoms with E-state index in [4.69, 9.17) is 4.74 Å². The zero-order valence-corrected chi connectivity index (χ0v) is 23.9. The third kappa shape index (κ3) is 6.82. The molecule has 38 heavy (non-hydrogen) atoms. The molecule has 0 spiro atoms. The standard InChI is InChI=1S/C25H33N5O6S2/c1-7-8-20-18-29(15-16-30(20)19-9-11-21(12-10-19)37(32,33)28(5)6)38(34,35)22-13-14-23(26-17-22)27-24(31)36-25(2,3)4/h9-14,17,20H,15-16,18H2,1-6H3,(H,26,27,31). The zero-order chi connectivity index (χ0) is 28.3. The molecule has 1 atom stereocenters. The fraction of sp³-hybridized carbons (Fsp3) is 0.440. The van der Waals surface area contributed by atoms with Gasteiger partial charge in [-0.1, -0.05) is 5.92 Å². The molecule has 1 amide bonds. The van der Waals surface area contributed by atoms with Crippen molar-refractivity contribution in [2.75, 3.05) is 43.9 Å². The topological polar surface area (TPSA) is 129 Å². The largest absolute Gasteiger partial charge is 0.444 e. The molecule has 0 bridgehead atoms. The first-order valence-corrected chi connectivity index (χ1v) is 14.7. The Kier molecular flexibility index (Phi) is 8.72. The minimum Gasteiger partial charge on any atom is -0.444 e. The van der Waals surface area contributed by atoms with E-state index in [1.807, 2.05) is 4.90 Å². The minimum atomic E-state index is -3.88. The molecule has 11 nitrogen and oxygen atoms in total. The number of carbonyl (C=O) groups excluding carboxylic acids is 1. The molecule has 3 rings (SSSR count). The maximum atomic E-state index is 13.4. The van der Waals surface area contributed by atoms with Crippen LogP contribution in [0.2, 0.25) is 0 Å². The molecule has 1 N–H and O–H groups in total. The van der Waals surface area contributed by atoms with Gasteiger partial charge < -0.3 is 9.64 Å². The van der Waals surface area contributed by atoms with Crippen LogP contribution < -0.4 is 10.2 Å². The van der Waals surface area contributed by atoms with Crippen molar-refractivity contribution >= 4 is 37.6 Å². The number of piperazine rings is 1. The number of anilines is 2. The first-order valence-electron chi connectivity index (χ1n) is 11.8. The van der Waals surface area contributed by atoms with Gasteiger partial charge in [-0.15, -0.1) is 5.92 Å². The second-order valence-electron chi connectivity index (χ2n) is 9.75. The minimum absolute atomic E-state index is 0.0119. The van der Waals surface area contributed by atoms with E-state index in [0.29, 0.717) is 6.54 Å². The first kappa shape index (κ1) is 29.4. The second-order valence-corrected chi connectivity index (χ2v) is 13.8. The molecule has 0 radical (unpaired) electrons. The monoisotopic (exact) mass is 563 g/mol. The quantitative estimate of drug-likeness (QED) is 0.531. The van der Waals surface area contributed by atoms with E-state index >= 15 is 0 Å². The number of hydrogen-bond acceptors (Lipinski definition) is 8. The number of aromatic nitrogens is 1. The van der Waals surface area contributed by atoms with Crippen molar-refractivity contribution in [1.29, 1.82) is 0 Å². The van der Waals surface area contributed by atoms with E-state index in [1.165, 1.54) is 48.9 Å². The van der Waals surface area contributed by atoms with Crippen LogP contribution in [0.1, 0.15) is 27.7 Å². The average molecular weight is 564 g/mol. The van der Waals surface area contributed by atoms with Crippen LogP contribution in [0.3, 0.4) is 0 Å². The van der Waals surface area contributed by atoms with Gasteiger partial charge >= 0.3 is 6.09 Å². The number of ether oxygens (including phenoxy) is 1. The summed E-state index contributed by atoms with van der Waals surface area (Å²) in [6.45, 7) is 7.53. The van der Waals surface area contributed by atoms with Crippen LogP contribution in [0.5, 0.6) is 0 Å². The summed E-state index contributed by atoms with van der Waals surface area (Å²) in [6.07, 6.45) is 0.504. The summed E-state index contributed by atoms with van der Waals surface area (Å²) in [5, 5.41) is 2.48. The Hall–Kier alpha value is -3.18. The van der Waals surface area contributed by atoms with Crippen molar-refractivity contribution in [2.24, 2.45) is 0 Å². The number of nitrogens with zero attached hydrogens (tertiary/aromatic N) is 4. The van der Waals surface area contributed by atoms with Gasteiger partial charge in [0.2, 0.25) is 20.0 Å². The SMILES string of the molecule is CC#CC1CN(S(=O)(=O)c2ccc(NC(=O)OC(C)(C)C)nc2)CCN1c1ccc(S(=O)(=O)N(C)C)cc1. The fourth-order valence-electron chi connectivity index (χ4n) is 3.76. The number of hydrogen-bond donors (Lipinski definition) is 1. The van der Waals surface area contributed by atoms with Crippen LogP contribution in [-0.2, 0) is 24.8 Å². The van der Waals surface area contributed by atoms with E-state index < -0.39 is 37.8 Å². The van der Waals surface area contributed by atoms with Crippen molar-refractivity contribution in [3.05, 3.63) is 42.6 Å². The molecule has 1 aromatic heterocycles. The van der Waals surface area contributed by atoms with E-state index in [2.05, 4.69) is 22.1 Å². The van der Waals surface area contributed by atoms with E-state index in [1.54, 1.807) is 39.8 Å². The van der Waals surface area contributed by atoms with Crippen LogP contribution in [0.15, 0.2) is 52.4 Å². The van der Waals surface area contributed by atoms with Gasteiger partial charge in [0.25, 0.3) is 0 Å². The van der Waals surface area contributed by atoms with Gasteiger partial charge in [-0.05, 0) is 64.1 Å². The summed E-state index contributed by atoms with van der Waals surface area (Å²) in [6, 6.07) is 8.80. The van der Waals surface area contributed by atoms with Gasteiger partial charge in [0.1, 0.15) is 22.4 Å². The summed E-state index contributed by atoms with van der Waals surface area (Å²) in [5.74, 6) is 6.09. The Morgan fingerprint density at radius 1 is 1.05 bits per heavy atom. The van der Waals surface area contributed by atoms with Crippen molar-refractivity contribution in [3.8, 4) is 11.8 Å². The van der Waals surface area contributed by atoms with Gasteiger partial charge in [0.05, 0.1) is 4.90 Å². The molecular formula is C25H33N5O6S2. The highest BCUT2D eigenvalue weighted by atomic mass is 32.2. The lowest BCUT2D eigenvalue weighted by molar-refractivity contribution is 0.0635. The lowest BCUT2D eigenvalue weighted by Gasteiger charge is -2.39. The molecule has 1 unspecified atom stereocenters.